The van der Waals surface area contributed by atoms with E-state index in [1.165, 1.54) is 14.2 Å². The molecule has 1 rings (SSSR count). The molecule has 1 atom stereocenters. The van der Waals surface area contributed by atoms with E-state index in [1.54, 1.807) is 6.07 Å². The van der Waals surface area contributed by atoms with Crippen molar-refractivity contribution in [3.05, 3.63) is 28.2 Å². The van der Waals surface area contributed by atoms with Crippen LogP contribution >= 0.6 is 15.9 Å². The average molecular weight is 289 g/mol. The zero-order chi connectivity index (χ0) is 12.1. The summed E-state index contributed by atoms with van der Waals surface area (Å²) in [5, 5.41) is 9.56. The fourth-order valence-corrected chi connectivity index (χ4v) is 1.85. The summed E-state index contributed by atoms with van der Waals surface area (Å²) >= 11 is 3.34. The van der Waals surface area contributed by atoms with Crippen molar-refractivity contribution >= 4 is 21.9 Å². The molecule has 1 aromatic rings. The monoisotopic (exact) mass is 288 g/mol. The van der Waals surface area contributed by atoms with Crippen molar-refractivity contribution in [2.45, 2.75) is 12.5 Å². The fourth-order valence-electron chi connectivity index (χ4n) is 1.34. The van der Waals surface area contributed by atoms with Gasteiger partial charge in [0.15, 0.2) is 6.10 Å². The maximum absolute atomic E-state index is 11.1. The topological polar surface area (TPSA) is 55.8 Å². The number of aliphatic hydroxyl groups is 1. The molecule has 0 fully saturated rings. The standard InChI is InChI=1S/C11H13BrO4/c1-15-10-5-3-4-8(12)7(10)6-9(13)11(14)16-2/h3-5,9,13H,6H2,1-2H3. The van der Waals surface area contributed by atoms with Gasteiger partial charge in [-0.05, 0) is 12.1 Å². The van der Waals surface area contributed by atoms with E-state index in [4.69, 9.17) is 4.74 Å². The quantitative estimate of drug-likeness (QED) is 0.854. The lowest BCUT2D eigenvalue weighted by Crippen LogP contribution is -2.24. The summed E-state index contributed by atoms with van der Waals surface area (Å²) in [6, 6.07) is 5.41. The predicted octanol–water partition coefficient (Wildman–Crippen LogP) is 1.53. The highest BCUT2D eigenvalue weighted by atomic mass is 79.9. The van der Waals surface area contributed by atoms with Crippen LogP contribution in [-0.4, -0.2) is 31.4 Å². The number of esters is 1. The molecule has 4 nitrogen and oxygen atoms in total. The number of hydrogen-bond acceptors (Lipinski definition) is 4. The van der Waals surface area contributed by atoms with Crippen LogP contribution in [0, 0.1) is 0 Å². The van der Waals surface area contributed by atoms with Crippen molar-refractivity contribution in [3.63, 3.8) is 0 Å². The van der Waals surface area contributed by atoms with Gasteiger partial charge in [-0.15, -0.1) is 0 Å². The molecule has 0 amide bonds. The van der Waals surface area contributed by atoms with E-state index in [1.807, 2.05) is 12.1 Å². The van der Waals surface area contributed by atoms with Gasteiger partial charge in [0.1, 0.15) is 5.75 Å². The van der Waals surface area contributed by atoms with Crippen molar-refractivity contribution in [1.82, 2.24) is 0 Å². The molecule has 0 aliphatic carbocycles. The fraction of sp³-hybridized carbons (Fsp3) is 0.364. The number of rotatable bonds is 4. The Morgan fingerprint density at radius 2 is 2.19 bits per heavy atom. The maximum Gasteiger partial charge on any atom is 0.335 e. The molecule has 0 heterocycles. The molecule has 0 radical (unpaired) electrons. The number of benzene rings is 1. The zero-order valence-corrected chi connectivity index (χ0v) is 10.7. The molecular formula is C11H13BrO4. The summed E-state index contributed by atoms with van der Waals surface area (Å²) in [5.74, 6) is -0.0323. The van der Waals surface area contributed by atoms with Crippen molar-refractivity contribution in [2.75, 3.05) is 14.2 Å². The Hall–Kier alpha value is -1.07. The lowest BCUT2D eigenvalue weighted by atomic mass is 10.1. The highest BCUT2D eigenvalue weighted by molar-refractivity contribution is 9.10. The summed E-state index contributed by atoms with van der Waals surface area (Å²) in [6.45, 7) is 0. The predicted molar refractivity (Wildman–Crippen MR) is 62.4 cm³/mol. The Morgan fingerprint density at radius 3 is 2.75 bits per heavy atom. The number of aliphatic hydroxyl groups excluding tert-OH is 1. The van der Waals surface area contributed by atoms with Gasteiger partial charge in [0.05, 0.1) is 14.2 Å². The molecule has 0 aliphatic heterocycles. The van der Waals surface area contributed by atoms with Crippen LogP contribution in [0.3, 0.4) is 0 Å². The molecule has 1 N–H and O–H groups in total. The zero-order valence-electron chi connectivity index (χ0n) is 9.07. The molecule has 1 unspecified atom stereocenters. The Morgan fingerprint density at radius 1 is 1.50 bits per heavy atom. The van der Waals surface area contributed by atoms with E-state index in [0.717, 1.165) is 10.0 Å². The third-order valence-electron chi connectivity index (χ3n) is 2.17. The molecule has 0 bridgehead atoms. The smallest absolute Gasteiger partial charge is 0.335 e. The van der Waals surface area contributed by atoms with Gasteiger partial charge in [0.2, 0.25) is 0 Å². The van der Waals surface area contributed by atoms with Gasteiger partial charge in [-0.2, -0.15) is 0 Å². The molecule has 88 valence electrons. The van der Waals surface area contributed by atoms with Crippen LogP contribution in [0.25, 0.3) is 0 Å². The van der Waals surface area contributed by atoms with E-state index in [-0.39, 0.29) is 6.42 Å². The van der Waals surface area contributed by atoms with E-state index in [0.29, 0.717) is 5.75 Å². The summed E-state index contributed by atoms with van der Waals surface area (Å²) in [5.41, 5.74) is 0.739. The Balaban J connectivity index is 2.91. The molecule has 0 aliphatic rings. The minimum Gasteiger partial charge on any atom is -0.496 e. The molecule has 0 aromatic heterocycles. The van der Waals surface area contributed by atoms with Crippen LogP contribution in [0.2, 0.25) is 0 Å². The number of halogens is 1. The maximum atomic E-state index is 11.1. The molecule has 0 spiro atoms. The first-order valence-corrected chi connectivity index (χ1v) is 5.46. The van der Waals surface area contributed by atoms with E-state index in [2.05, 4.69) is 20.7 Å². The van der Waals surface area contributed by atoms with Gasteiger partial charge < -0.3 is 14.6 Å². The van der Waals surface area contributed by atoms with Crippen LogP contribution in [0.4, 0.5) is 0 Å². The largest absolute Gasteiger partial charge is 0.496 e. The second-order valence-corrected chi connectivity index (χ2v) is 4.02. The lowest BCUT2D eigenvalue weighted by molar-refractivity contribution is -0.150. The first kappa shape index (κ1) is 13.0. The third kappa shape index (κ3) is 2.96. The summed E-state index contributed by atoms with van der Waals surface area (Å²) in [4.78, 5) is 11.1. The van der Waals surface area contributed by atoms with Gasteiger partial charge in [-0.25, -0.2) is 4.79 Å². The van der Waals surface area contributed by atoms with Crippen LogP contribution in [0.15, 0.2) is 22.7 Å². The molecule has 5 heteroatoms. The van der Waals surface area contributed by atoms with Crippen LogP contribution in [0.1, 0.15) is 5.56 Å². The molecule has 1 aromatic carbocycles. The van der Waals surface area contributed by atoms with Gasteiger partial charge in [-0.1, -0.05) is 22.0 Å². The number of ether oxygens (including phenoxy) is 2. The van der Waals surface area contributed by atoms with Gasteiger partial charge in [0, 0.05) is 16.5 Å². The number of carbonyl (C=O) groups is 1. The highest BCUT2D eigenvalue weighted by Crippen LogP contribution is 2.27. The summed E-state index contributed by atoms with van der Waals surface area (Å²) < 4.78 is 10.4. The molecule has 0 saturated carbocycles. The summed E-state index contributed by atoms with van der Waals surface area (Å²) in [7, 11) is 2.78. The third-order valence-corrected chi connectivity index (χ3v) is 2.91. The molecule has 0 saturated heterocycles. The van der Waals surface area contributed by atoms with Crippen molar-refractivity contribution in [2.24, 2.45) is 0 Å². The highest BCUT2D eigenvalue weighted by Gasteiger charge is 2.19. The average Bonchev–Trinajstić information content (AvgIpc) is 2.30. The van der Waals surface area contributed by atoms with Gasteiger partial charge in [0.25, 0.3) is 0 Å². The number of hydrogen-bond donors (Lipinski definition) is 1. The van der Waals surface area contributed by atoms with Crippen LogP contribution in [-0.2, 0) is 16.0 Å². The van der Waals surface area contributed by atoms with Crippen molar-refractivity contribution in [1.29, 1.82) is 0 Å². The van der Waals surface area contributed by atoms with E-state index >= 15 is 0 Å². The Kier molecular flexibility index (Phi) is 4.76. The SMILES string of the molecule is COC(=O)C(O)Cc1c(Br)cccc1OC. The first-order chi connectivity index (χ1) is 7.60. The number of methoxy groups -OCH3 is 2. The van der Waals surface area contributed by atoms with E-state index in [9.17, 15) is 9.90 Å². The summed E-state index contributed by atoms with van der Waals surface area (Å²) in [6.07, 6.45) is -1.03. The van der Waals surface area contributed by atoms with Crippen LogP contribution in [0.5, 0.6) is 5.75 Å². The normalized spacial score (nSPS) is 12.0. The number of carbonyl (C=O) groups excluding carboxylic acids is 1. The Labute approximate surface area is 102 Å². The second-order valence-electron chi connectivity index (χ2n) is 3.16. The minimum atomic E-state index is -1.18. The minimum absolute atomic E-state index is 0.150. The van der Waals surface area contributed by atoms with Crippen LogP contribution < -0.4 is 4.74 Å². The van der Waals surface area contributed by atoms with Gasteiger partial charge >= 0.3 is 5.97 Å². The first-order valence-electron chi connectivity index (χ1n) is 4.67. The second kappa shape index (κ2) is 5.86. The molecular weight excluding hydrogens is 276 g/mol. The lowest BCUT2D eigenvalue weighted by Gasteiger charge is -2.13. The van der Waals surface area contributed by atoms with Crippen molar-refractivity contribution < 1.29 is 19.4 Å². The van der Waals surface area contributed by atoms with Crippen molar-refractivity contribution in [3.8, 4) is 5.75 Å². The van der Waals surface area contributed by atoms with Gasteiger partial charge in [-0.3, -0.25) is 0 Å². The Bertz CT molecular complexity index is 378. The molecule has 16 heavy (non-hydrogen) atoms. The van der Waals surface area contributed by atoms with E-state index < -0.39 is 12.1 Å².